The van der Waals surface area contributed by atoms with Crippen LogP contribution in [-0.4, -0.2) is 30.7 Å². The second-order valence-electron chi connectivity index (χ2n) is 7.34. The summed E-state index contributed by atoms with van der Waals surface area (Å²) in [6, 6.07) is 6.83. The van der Waals surface area contributed by atoms with E-state index in [9.17, 15) is 4.79 Å². The molecule has 1 aromatic carbocycles. The zero-order chi connectivity index (χ0) is 16.6. The largest absolute Gasteiger partial charge is 0.368 e. The highest BCUT2D eigenvalue weighted by Crippen LogP contribution is 2.34. The lowest BCUT2D eigenvalue weighted by Gasteiger charge is -2.25. The molecule has 2 aliphatic rings. The number of carbonyl (C=O) groups excluding carboxylic acids is 1. The van der Waals surface area contributed by atoms with Gasteiger partial charge in [-0.25, -0.2) is 0 Å². The molecule has 2 aliphatic heterocycles. The minimum Gasteiger partial charge on any atom is -0.368 e. The topological polar surface area (TPSA) is 55.6 Å². The van der Waals surface area contributed by atoms with Crippen LogP contribution in [0.2, 0.25) is 0 Å². The molecule has 3 atom stereocenters. The minimum absolute atomic E-state index is 0.125. The third-order valence-electron chi connectivity index (χ3n) is 5.13. The molecule has 4 heteroatoms. The van der Waals surface area contributed by atoms with Crippen LogP contribution < -0.4 is 10.6 Å². The van der Waals surface area contributed by atoms with Gasteiger partial charge in [0.05, 0.1) is 0 Å². The summed E-state index contributed by atoms with van der Waals surface area (Å²) < 4.78 is 5.59. The number of fused-ring (bicyclic) bond motifs is 1. The van der Waals surface area contributed by atoms with Crippen molar-refractivity contribution in [1.82, 2.24) is 0 Å². The van der Waals surface area contributed by atoms with Crippen LogP contribution in [0.25, 0.3) is 0 Å². The first-order chi connectivity index (χ1) is 11.0. The first-order valence-corrected chi connectivity index (χ1v) is 8.79. The molecule has 1 saturated heterocycles. The van der Waals surface area contributed by atoms with E-state index in [1.807, 2.05) is 4.90 Å². The Balaban J connectivity index is 1.79. The highest BCUT2D eigenvalue weighted by Gasteiger charge is 2.36. The predicted octanol–water partition coefficient (Wildman–Crippen LogP) is 2.67. The van der Waals surface area contributed by atoms with Crippen molar-refractivity contribution >= 4 is 11.6 Å². The number of ether oxygens (including phenoxy) is 1. The van der Waals surface area contributed by atoms with Crippen molar-refractivity contribution in [2.45, 2.75) is 64.6 Å². The molecule has 3 rings (SSSR count). The second-order valence-corrected chi connectivity index (χ2v) is 7.34. The lowest BCUT2D eigenvalue weighted by atomic mass is 9.96. The van der Waals surface area contributed by atoms with Gasteiger partial charge >= 0.3 is 0 Å². The van der Waals surface area contributed by atoms with Crippen molar-refractivity contribution < 1.29 is 9.53 Å². The summed E-state index contributed by atoms with van der Waals surface area (Å²) in [6.45, 7) is 7.13. The molecule has 0 spiro atoms. The quantitative estimate of drug-likeness (QED) is 0.929. The number of anilines is 1. The molecule has 0 aromatic heterocycles. The molecule has 4 nitrogen and oxygen atoms in total. The molecule has 1 aromatic rings. The first kappa shape index (κ1) is 16.5. The van der Waals surface area contributed by atoms with Gasteiger partial charge < -0.3 is 15.4 Å². The van der Waals surface area contributed by atoms with Crippen molar-refractivity contribution in [3.63, 3.8) is 0 Å². The number of amides is 1. The van der Waals surface area contributed by atoms with Gasteiger partial charge in [0, 0.05) is 24.4 Å². The first-order valence-electron chi connectivity index (χ1n) is 8.79. The van der Waals surface area contributed by atoms with Gasteiger partial charge in [0.2, 0.25) is 0 Å². The monoisotopic (exact) mass is 316 g/mol. The Morgan fingerprint density at radius 3 is 2.87 bits per heavy atom. The normalized spacial score (nSPS) is 25.0. The van der Waals surface area contributed by atoms with Crippen molar-refractivity contribution in [3.8, 4) is 0 Å². The standard InChI is InChI=1S/C19H28N2O2/c1-12(2)16(20)11-14-6-7-17-15(10-14)9-13(3)21(17)19(22)18-5-4-8-23-18/h6-7,10,12-13,16,18H,4-5,8-9,11,20H2,1-3H3. The Morgan fingerprint density at radius 2 is 2.22 bits per heavy atom. The number of hydrogen-bond acceptors (Lipinski definition) is 3. The summed E-state index contributed by atoms with van der Waals surface area (Å²) in [7, 11) is 0. The Morgan fingerprint density at radius 1 is 1.43 bits per heavy atom. The van der Waals surface area contributed by atoms with Crippen LogP contribution in [-0.2, 0) is 22.4 Å². The van der Waals surface area contributed by atoms with Crippen LogP contribution in [0.3, 0.4) is 0 Å². The van der Waals surface area contributed by atoms with Crippen LogP contribution >= 0.6 is 0 Å². The molecule has 1 fully saturated rings. The van der Waals surface area contributed by atoms with Gasteiger partial charge in [0.25, 0.3) is 5.91 Å². The van der Waals surface area contributed by atoms with Crippen molar-refractivity contribution in [2.24, 2.45) is 11.7 Å². The Labute approximate surface area is 139 Å². The molecule has 0 saturated carbocycles. The van der Waals surface area contributed by atoms with Crippen LogP contribution in [0.5, 0.6) is 0 Å². The summed E-state index contributed by atoms with van der Waals surface area (Å²) in [6.07, 6.45) is 3.38. The lowest BCUT2D eigenvalue weighted by molar-refractivity contribution is -0.127. The Kier molecular flexibility index (Phi) is 4.74. The molecule has 0 bridgehead atoms. The average molecular weight is 316 g/mol. The van der Waals surface area contributed by atoms with Gasteiger partial charge in [-0.15, -0.1) is 0 Å². The minimum atomic E-state index is -0.252. The maximum absolute atomic E-state index is 12.8. The van der Waals surface area contributed by atoms with Crippen molar-refractivity contribution in [3.05, 3.63) is 29.3 Å². The van der Waals surface area contributed by atoms with Crippen LogP contribution in [0.15, 0.2) is 18.2 Å². The number of rotatable bonds is 4. The Hall–Kier alpha value is -1.39. The van der Waals surface area contributed by atoms with E-state index in [1.165, 1.54) is 11.1 Å². The van der Waals surface area contributed by atoms with Crippen LogP contribution in [0.1, 0.15) is 44.7 Å². The highest BCUT2D eigenvalue weighted by atomic mass is 16.5. The number of nitrogens with zero attached hydrogens (tertiary/aromatic N) is 1. The van der Waals surface area contributed by atoms with E-state index in [0.29, 0.717) is 12.5 Å². The van der Waals surface area contributed by atoms with Gasteiger partial charge in [-0.05, 0) is 55.7 Å². The van der Waals surface area contributed by atoms with E-state index in [4.69, 9.17) is 10.5 Å². The summed E-state index contributed by atoms with van der Waals surface area (Å²) in [5.41, 5.74) is 9.78. The average Bonchev–Trinajstić information content (AvgIpc) is 3.12. The predicted molar refractivity (Wildman–Crippen MR) is 92.6 cm³/mol. The van der Waals surface area contributed by atoms with Crippen LogP contribution in [0, 0.1) is 5.92 Å². The molecule has 0 aliphatic carbocycles. The third kappa shape index (κ3) is 3.29. The molecule has 2 N–H and O–H groups in total. The number of nitrogens with two attached hydrogens (primary N) is 1. The van der Waals surface area contributed by atoms with E-state index in [0.717, 1.165) is 31.4 Å². The molecular formula is C19H28N2O2. The molecule has 0 radical (unpaired) electrons. The lowest BCUT2D eigenvalue weighted by Crippen LogP contribution is -2.42. The summed E-state index contributed by atoms with van der Waals surface area (Å²) in [5, 5.41) is 0. The van der Waals surface area contributed by atoms with E-state index >= 15 is 0 Å². The van der Waals surface area contributed by atoms with E-state index in [1.54, 1.807) is 0 Å². The zero-order valence-electron chi connectivity index (χ0n) is 14.4. The second kappa shape index (κ2) is 6.62. The van der Waals surface area contributed by atoms with Gasteiger partial charge in [-0.3, -0.25) is 4.79 Å². The fraction of sp³-hybridized carbons (Fsp3) is 0.632. The summed E-state index contributed by atoms with van der Waals surface area (Å²) >= 11 is 0. The van der Waals surface area contributed by atoms with Gasteiger partial charge in [-0.2, -0.15) is 0 Å². The van der Waals surface area contributed by atoms with Gasteiger partial charge in [-0.1, -0.05) is 26.0 Å². The molecule has 23 heavy (non-hydrogen) atoms. The molecule has 1 amide bonds. The summed E-state index contributed by atoms with van der Waals surface area (Å²) in [4.78, 5) is 14.7. The van der Waals surface area contributed by atoms with Gasteiger partial charge in [0.1, 0.15) is 6.10 Å². The van der Waals surface area contributed by atoms with E-state index < -0.39 is 0 Å². The fourth-order valence-corrected chi connectivity index (χ4v) is 3.58. The molecule has 3 unspecified atom stereocenters. The van der Waals surface area contributed by atoms with Crippen molar-refractivity contribution in [2.75, 3.05) is 11.5 Å². The SMILES string of the molecule is CC(C)C(N)Cc1ccc2c(c1)CC(C)N2C(=O)C1CCCO1. The van der Waals surface area contributed by atoms with E-state index in [2.05, 4.69) is 39.0 Å². The number of carbonyl (C=O) groups is 1. The zero-order valence-corrected chi connectivity index (χ0v) is 14.4. The maximum Gasteiger partial charge on any atom is 0.256 e. The molecular weight excluding hydrogens is 288 g/mol. The van der Waals surface area contributed by atoms with Gasteiger partial charge in [0.15, 0.2) is 0 Å². The number of benzene rings is 1. The molecule has 126 valence electrons. The molecule has 2 heterocycles. The van der Waals surface area contributed by atoms with Crippen molar-refractivity contribution in [1.29, 1.82) is 0 Å². The third-order valence-corrected chi connectivity index (χ3v) is 5.13. The Bertz CT molecular complexity index is 579. The smallest absolute Gasteiger partial charge is 0.256 e. The van der Waals surface area contributed by atoms with Crippen LogP contribution in [0.4, 0.5) is 5.69 Å². The summed E-state index contributed by atoms with van der Waals surface area (Å²) in [5.74, 6) is 0.597. The van der Waals surface area contributed by atoms with E-state index in [-0.39, 0.29) is 24.1 Å². The highest BCUT2D eigenvalue weighted by molar-refractivity contribution is 5.99. The maximum atomic E-state index is 12.8. The fourth-order valence-electron chi connectivity index (χ4n) is 3.58. The number of hydrogen-bond donors (Lipinski definition) is 1.